The molecule has 1 aliphatic heterocycles. The second-order valence-corrected chi connectivity index (χ2v) is 6.10. The normalized spacial score (nSPS) is 25.2. The molecule has 1 saturated heterocycles. The fourth-order valence-electron chi connectivity index (χ4n) is 1.87. The summed E-state index contributed by atoms with van der Waals surface area (Å²) in [6.45, 7) is 3.75. The van der Waals surface area contributed by atoms with Crippen LogP contribution >= 0.6 is 11.8 Å². The van der Waals surface area contributed by atoms with Crippen LogP contribution in [0.15, 0.2) is 0 Å². The van der Waals surface area contributed by atoms with E-state index < -0.39 is 11.6 Å². The molecule has 0 aromatic rings. The van der Waals surface area contributed by atoms with Gasteiger partial charge in [0.05, 0.1) is 11.8 Å². The Labute approximate surface area is 111 Å². The van der Waals surface area contributed by atoms with E-state index >= 15 is 0 Å². The summed E-state index contributed by atoms with van der Waals surface area (Å²) in [6, 6.07) is 0. The van der Waals surface area contributed by atoms with Gasteiger partial charge in [-0.15, -0.1) is 11.8 Å². The Morgan fingerprint density at radius 1 is 1.56 bits per heavy atom. The Hall–Kier alpha value is -0.780. The molecule has 1 aliphatic rings. The van der Waals surface area contributed by atoms with Crippen LogP contribution in [0.3, 0.4) is 0 Å². The maximum atomic E-state index is 13.8. The quantitative estimate of drug-likeness (QED) is 0.754. The summed E-state index contributed by atoms with van der Waals surface area (Å²) in [5.41, 5.74) is -2.26. The lowest BCUT2D eigenvalue weighted by molar-refractivity contribution is -0.150. The molecular formula is C12H20FNO3S. The van der Waals surface area contributed by atoms with Gasteiger partial charge in [0.2, 0.25) is 11.6 Å². The van der Waals surface area contributed by atoms with Crippen molar-refractivity contribution in [3.8, 4) is 0 Å². The number of likely N-dealkylation sites (tertiary alicyclic amines) is 1. The van der Waals surface area contributed by atoms with E-state index in [4.69, 9.17) is 5.11 Å². The molecule has 0 aliphatic carbocycles. The van der Waals surface area contributed by atoms with Crippen molar-refractivity contribution in [2.24, 2.45) is 0 Å². The largest absolute Gasteiger partial charge is 0.479 e. The molecule has 104 valence electrons. The van der Waals surface area contributed by atoms with Crippen molar-refractivity contribution < 1.29 is 19.1 Å². The Morgan fingerprint density at radius 2 is 2.22 bits per heavy atom. The third-order valence-corrected chi connectivity index (χ3v) is 4.35. The minimum absolute atomic E-state index is 0.111. The minimum atomic E-state index is -2.26. The molecule has 0 aromatic heterocycles. The number of carbonyl (C=O) groups excluding carboxylic acids is 1. The van der Waals surface area contributed by atoms with Gasteiger partial charge in [-0.2, -0.15) is 0 Å². The van der Waals surface area contributed by atoms with Crippen LogP contribution in [0.5, 0.6) is 0 Å². The van der Waals surface area contributed by atoms with E-state index in [-0.39, 0.29) is 30.7 Å². The van der Waals surface area contributed by atoms with Gasteiger partial charge < -0.3 is 10.0 Å². The lowest BCUT2D eigenvalue weighted by Gasteiger charge is -2.21. The van der Waals surface area contributed by atoms with Gasteiger partial charge in [-0.25, -0.2) is 9.18 Å². The molecule has 2 unspecified atom stereocenters. The van der Waals surface area contributed by atoms with Gasteiger partial charge in [0.15, 0.2) is 0 Å². The number of nitrogens with zero attached hydrogens (tertiary/aromatic N) is 1. The van der Waals surface area contributed by atoms with Gasteiger partial charge in [-0.3, -0.25) is 4.79 Å². The fraction of sp³-hybridized carbons (Fsp3) is 0.833. The molecule has 0 bridgehead atoms. The zero-order chi connectivity index (χ0) is 13.8. The van der Waals surface area contributed by atoms with Crippen LogP contribution in [0.25, 0.3) is 0 Å². The third kappa shape index (κ3) is 3.60. The Balaban J connectivity index is 2.46. The minimum Gasteiger partial charge on any atom is -0.479 e. The molecule has 1 fully saturated rings. The summed E-state index contributed by atoms with van der Waals surface area (Å²) >= 11 is 1.54. The van der Waals surface area contributed by atoms with Crippen molar-refractivity contribution in [2.75, 3.05) is 18.8 Å². The molecule has 0 spiro atoms. The van der Waals surface area contributed by atoms with E-state index in [2.05, 4.69) is 6.92 Å². The van der Waals surface area contributed by atoms with E-state index in [0.29, 0.717) is 0 Å². The first-order valence-electron chi connectivity index (χ1n) is 6.23. The maximum Gasteiger partial charge on any atom is 0.343 e. The van der Waals surface area contributed by atoms with Crippen molar-refractivity contribution in [1.82, 2.24) is 4.90 Å². The zero-order valence-corrected chi connectivity index (χ0v) is 11.6. The van der Waals surface area contributed by atoms with Gasteiger partial charge in [0, 0.05) is 13.0 Å². The smallest absolute Gasteiger partial charge is 0.343 e. The molecule has 4 nitrogen and oxygen atoms in total. The van der Waals surface area contributed by atoms with Crippen molar-refractivity contribution in [3.63, 3.8) is 0 Å². The van der Waals surface area contributed by atoms with Crippen molar-refractivity contribution >= 4 is 23.6 Å². The number of carbonyl (C=O) groups is 2. The molecule has 0 saturated carbocycles. The van der Waals surface area contributed by atoms with Gasteiger partial charge in [0.25, 0.3) is 0 Å². The van der Waals surface area contributed by atoms with E-state index in [1.54, 1.807) is 18.7 Å². The van der Waals surface area contributed by atoms with Crippen molar-refractivity contribution in [2.45, 2.75) is 44.0 Å². The number of halogens is 1. The molecule has 1 amide bonds. The van der Waals surface area contributed by atoms with Crippen LogP contribution in [0.1, 0.15) is 33.1 Å². The highest BCUT2D eigenvalue weighted by molar-refractivity contribution is 8.00. The molecular weight excluding hydrogens is 257 g/mol. The van der Waals surface area contributed by atoms with Gasteiger partial charge in [-0.1, -0.05) is 13.3 Å². The lowest BCUT2D eigenvalue weighted by atomic mass is 10.1. The maximum absolute atomic E-state index is 13.8. The predicted octanol–water partition coefficient (Wildman–Crippen LogP) is 1.93. The number of amides is 1. The molecule has 0 radical (unpaired) electrons. The summed E-state index contributed by atoms with van der Waals surface area (Å²) in [5.74, 6) is -0.724. The number of hydrogen-bond donors (Lipinski definition) is 1. The van der Waals surface area contributed by atoms with Crippen LogP contribution in [0.2, 0.25) is 0 Å². The Kier molecular flexibility index (Phi) is 5.44. The highest BCUT2D eigenvalue weighted by Crippen LogP contribution is 2.28. The van der Waals surface area contributed by atoms with Crippen LogP contribution in [0.4, 0.5) is 4.39 Å². The number of carboxylic acids is 1. The van der Waals surface area contributed by atoms with Crippen LogP contribution < -0.4 is 0 Å². The number of alkyl halides is 1. The van der Waals surface area contributed by atoms with Crippen molar-refractivity contribution in [3.05, 3.63) is 0 Å². The van der Waals surface area contributed by atoms with E-state index in [9.17, 15) is 14.0 Å². The Bertz CT molecular complexity index is 326. The predicted molar refractivity (Wildman–Crippen MR) is 69.5 cm³/mol. The second kappa shape index (κ2) is 6.41. The Morgan fingerprint density at radius 3 is 2.72 bits per heavy atom. The first kappa shape index (κ1) is 15.3. The molecule has 1 rings (SSSR count). The van der Waals surface area contributed by atoms with Gasteiger partial charge in [-0.05, 0) is 19.1 Å². The highest BCUT2D eigenvalue weighted by atomic mass is 32.2. The molecule has 0 aromatic carbocycles. The fourth-order valence-corrected chi connectivity index (χ4v) is 2.97. The number of unbranched alkanes of at least 4 members (excludes halogenated alkanes) is 1. The number of rotatable bonds is 6. The number of carboxylic acid groups (broad SMARTS) is 1. The van der Waals surface area contributed by atoms with Gasteiger partial charge >= 0.3 is 5.97 Å². The zero-order valence-electron chi connectivity index (χ0n) is 10.8. The third-order valence-electron chi connectivity index (χ3n) is 3.13. The van der Waals surface area contributed by atoms with Crippen LogP contribution in [-0.2, 0) is 9.59 Å². The standard InChI is InChI=1S/C12H20FNO3S/c1-3-4-7-18-9(2)10(15)14-6-5-12(13,8-14)11(16)17/h9H,3-8H2,1-2H3,(H,16,17). The highest BCUT2D eigenvalue weighted by Gasteiger charge is 2.47. The molecule has 2 atom stereocenters. The topological polar surface area (TPSA) is 57.6 Å². The molecule has 18 heavy (non-hydrogen) atoms. The first-order chi connectivity index (χ1) is 8.40. The summed E-state index contributed by atoms with van der Waals surface area (Å²) in [7, 11) is 0. The SMILES string of the molecule is CCCCSC(C)C(=O)N1CCC(F)(C(=O)O)C1. The van der Waals surface area contributed by atoms with E-state index in [0.717, 1.165) is 18.6 Å². The molecule has 6 heteroatoms. The monoisotopic (exact) mass is 277 g/mol. The summed E-state index contributed by atoms with van der Waals surface area (Å²) in [5, 5.41) is 8.54. The van der Waals surface area contributed by atoms with Crippen LogP contribution in [0, 0.1) is 0 Å². The first-order valence-corrected chi connectivity index (χ1v) is 7.28. The lowest BCUT2D eigenvalue weighted by Crippen LogP contribution is -2.41. The van der Waals surface area contributed by atoms with Gasteiger partial charge in [0.1, 0.15) is 0 Å². The summed E-state index contributed by atoms with van der Waals surface area (Å²) < 4.78 is 13.8. The second-order valence-electron chi connectivity index (χ2n) is 4.65. The average molecular weight is 277 g/mol. The number of hydrogen-bond acceptors (Lipinski definition) is 3. The molecule has 1 N–H and O–H groups in total. The summed E-state index contributed by atoms with van der Waals surface area (Å²) in [4.78, 5) is 24.1. The average Bonchev–Trinajstić information content (AvgIpc) is 2.72. The van der Waals surface area contributed by atoms with Crippen molar-refractivity contribution in [1.29, 1.82) is 0 Å². The van der Waals surface area contributed by atoms with E-state index in [1.165, 1.54) is 4.90 Å². The summed E-state index contributed by atoms with van der Waals surface area (Å²) in [6.07, 6.45) is 2.01. The number of aliphatic carboxylic acids is 1. The van der Waals surface area contributed by atoms with Crippen LogP contribution in [-0.4, -0.2) is 51.6 Å². The number of thioether (sulfide) groups is 1. The van der Waals surface area contributed by atoms with E-state index in [1.807, 2.05) is 0 Å². The molecule has 1 heterocycles.